The topological polar surface area (TPSA) is 55.4 Å². The number of carbonyl (C=O) groups excluding carboxylic acids is 2. The Morgan fingerprint density at radius 1 is 1.09 bits per heavy atom. The summed E-state index contributed by atoms with van der Waals surface area (Å²) in [6, 6.07) is 14.3. The molecule has 22 heavy (non-hydrogen) atoms. The lowest BCUT2D eigenvalue weighted by Crippen LogP contribution is -2.11. The number of para-hydroxylation sites is 1. The van der Waals surface area contributed by atoms with E-state index in [1.807, 2.05) is 24.3 Å². The first kappa shape index (κ1) is 15.5. The Morgan fingerprint density at radius 2 is 1.86 bits per heavy atom. The van der Waals surface area contributed by atoms with Gasteiger partial charge in [0.05, 0.1) is 12.8 Å². The minimum atomic E-state index is -0.295. The van der Waals surface area contributed by atoms with E-state index < -0.39 is 0 Å². The van der Waals surface area contributed by atoms with Gasteiger partial charge in [-0.25, -0.2) is 0 Å². The van der Waals surface area contributed by atoms with Gasteiger partial charge in [-0.15, -0.1) is 0 Å². The van der Waals surface area contributed by atoms with Gasteiger partial charge in [-0.3, -0.25) is 9.59 Å². The van der Waals surface area contributed by atoms with Gasteiger partial charge < -0.3 is 10.1 Å². The van der Waals surface area contributed by atoms with Crippen LogP contribution in [0.1, 0.15) is 22.8 Å². The Balaban J connectivity index is 2.10. The molecule has 4 nitrogen and oxygen atoms in total. The van der Waals surface area contributed by atoms with Crippen LogP contribution in [0.4, 0.5) is 5.69 Å². The zero-order chi connectivity index (χ0) is 15.9. The van der Waals surface area contributed by atoms with Gasteiger partial charge in [0.15, 0.2) is 5.78 Å². The molecule has 0 aromatic heterocycles. The van der Waals surface area contributed by atoms with E-state index >= 15 is 0 Å². The molecule has 2 rings (SSSR count). The molecule has 1 amide bonds. The van der Waals surface area contributed by atoms with E-state index in [0.29, 0.717) is 11.3 Å². The maximum absolute atomic E-state index is 12.0. The number of carbonyl (C=O) groups is 2. The number of rotatable bonds is 5. The molecule has 0 radical (unpaired) electrons. The van der Waals surface area contributed by atoms with E-state index in [-0.39, 0.29) is 11.7 Å². The van der Waals surface area contributed by atoms with E-state index in [9.17, 15) is 9.59 Å². The SMILES string of the molecule is COc1cccc(/C=C/C(=O)Nc2ccccc2C(C)=O)c1. The molecule has 2 aromatic rings. The minimum Gasteiger partial charge on any atom is -0.497 e. The molecule has 112 valence electrons. The van der Waals surface area contributed by atoms with Crippen LogP contribution in [0.3, 0.4) is 0 Å². The average Bonchev–Trinajstić information content (AvgIpc) is 2.53. The van der Waals surface area contributed by atoms with Crippen LogP contribution in [0.25, 0.3) is 6.08 Å². The third kappa shape index (κ3) is 4.06. The zero-order valence-electron chi connectivity index (χ0n) is 12.5. The summed E-state index contributed by atoms with van der Waals surface area (Å²) in [7, 11) is 1.59. The van der Waals surface area contributed by atoms with Crippen LogP contribution in [0.2, 0.25) is 0 Å². The van der Waals surface area contributed by atoms with Crippen LogP contribution in [0, 0.1) is 0 Å². The van der Waals surface area contributed by atoms with E-state index in [4.69, 9.17) is 4.74 Å². The number of hydrogen-bond acceptors (Lipinski definition) is 3. The fraction of sp³-hybridized carbons (Fsp3) is 0.111. The molecule has 0 bridgehead atoms. The molecule has 2 aromatic carbocycles. The molecule has 0 atom stereocenters. The Hall–Kier alpha value is -2.88. The predicted molar refractivity (Wildman–Crippen MR) is 87.1 cm³/mol. The highest BCUT2D eigenvalue weighted by atomic mass is 16.5. The van der Waals surface area contributed by atoms with Gasteiger partial charge in [-0.1, -0.05) is 24.3 Å². The summed E-state index contributed by atoms with van der Waals surface area (Å²) in [5.41, 5.74) is 1.86. The fourth-order valence-electron chi connectivity index (χ4n) is 1.99. The molecule has 0 aliphatic carbocycles. The second-order valence-corrected chi connectivity index (χ2v) is 4.70. The molecule has 4 heteroatoms. The summed E-state index contributed by atoms with van der Waals surface area (Å²) in [6.07, 6.45) is 3.11. The summed E-state index contributed by atoms with van der Waals surface area (Å²) in [5, 5.41) is 2.71. The van der Waals surface area contributed by atoms with Gasteiger partial charge >= 0.3 is 0 Å². The molecule has 0 unspecified atom stereocenters. The lowest BCUT2D eigenvalue weighted by molar-refractivity contribution is -0.111. The fourth-order valence-corrected chi connectivity index (χ4v) is 1.99. The molecule has 0 saturated carbocycles. The van der Waals surface area contributed by atoms with Crippen LogP contribution in [-0.2, 0) is 4.79 Å². The van der Waals surface area contributed by atoms with Crippen molar-refractivity contribution in [2.45, 2.75) is 6.92 Å². The average molecular weight is 295 g/mol. The summed E-state index contributed by atoms with van der Waals surface area (Å²) in [6.45, 7) is 1.47. The third-order valence-electron chi connectivity index (χ3n) is 3.09. The Labute approximate surface area is 129 Å². The standard InChI is InChI=1S/C18H17NO3/c1-13(20)16-8-3-4-9-17(16)19-18(21)11-10-14-6-5-7-15(12-14)22-2/h3-12H,1-2H3,(H,19,21)/b11-10+. The minimum absolute atomic E-state index is 0.0901. The number of amides is 1. The van der Waals surface area contributed by atoms with E-state index in [0.717, 1.165) is 11.3 Å². The highest BCUT2D eigenvalue weighted by Crippen LogP contribution is 2.16. The normalized spacial score (nSPS) is 10.5. The van der Waals surface area contributed by atoms with Crippen molar-refractivity contribution in [1.82, 2.24) is 0 Å². The molecule has 1 N–H and O–H groups in total. The number of hydrogen-bond donors (Lipinski definition) is 1. The number of Topliss-reactive ketones (excluding diaryl/α,β-unsaturated/α-hetero) is 1. The van der Waals surface area contributed by atoms with Crippen molar-refractivity contribution in [1.29, 1.82) is 0 Å². The van der Waals surface area contributed by atoms with Crippen molar-refractivity contribution in [3.8, 4) is 5.75 Å². The van der Waals surface area contributed by atoms with Crippen LogP contribution in [-0.4, -0.2) is 18.8 Å². The highest BCUT2D eigenvalue weighted by molar-refractivity contribution is 6.07. The van der Waals surface area contributed by atoms with Crippen molar-refractivity contribution in [2.24, 2.45) is 0 Å². The number of ketones is 1. The number of ether oxygens (including phenoxy) is 1. The van der Waals surface area contributed by atoms with Crippen molar-refractivity contribution in [3.05, 3.63) is 65.7 Å². The number of methoxy groups -OCH3 is 1. The molecule has 0 fully saturated rings. The number of anilines is 1. The Morgan fingerprint density at radius 3 is 2.59 bits per heavy atom. The van der Waals surface area contributed by atoms with Gasteiger partial charge in [-0.2, -0.15) is 0 Å². The molecule has 0 aliphatic rings. The first-order chi connectivity index (χ1) is 10.6. The predicted octanol–water partition coefficient (Wildman–Crippen LogP) is 3.55. The summed E-state index contributed by atoms with van der Waals surface area (Å²) in [4.78, 5) is 23.5. The number of nitrogens with one attached hydrogen (secondary N) is 1. The van der Waals surface area contributed by atoms with Crippen molar-refractivity contribution in [3.63, 3.8) is 0 Å². The van der Waals surface area contributed by atoms with Gasteiger partial charge in [0.25, 0.3) is 0 Å². The molecule has 0 aliphatic heterocycles. The maximum atomic E-state index is 12.0. The van der Waals surface area contributed by atoms with E-state index in [2.05, 4.69) is 5.32 Å². The lowest BCUT2D eigenvalue weighted by Gasteiger charge is -2.06. The summed E-state index contributed by atoms with van der Waals surface area (Å²) in [5.74, 6) is 0.341. The van der Waals surface area contributed by atoms with Gasteiger partial charge in [-0.05, 0) is 42.8 Å². The lowest BCUT2D eigenvalue weighted by atomic mass is 10.1. The van der Waals surface area contributed by atoms with Crippen LogP contribution in [0.5, 0.6) is 5.75 Å². The van der Waals surface area contributed by atoms with Crippen molar-refractivity contribution in [2.75, 3.05) is 12.4 Å². The van der Waals surface area contributed by atoms with Crippen molar-refractivity contribution >= 4 is 23.5 Å². The second kappa shape index (κ2) is 7.22. The highest BCUT2D eigenvalue weighted by Gasteiger charge is 2.07. The molecular formula is C18H17NO3. The monoisotopic (exact) mass is 295 g/mol. The van der Waals surface area contributed by atoms with E-state index in [1.54, 1.807) is 37.5 Å². The zero-order valence-corrected chi connectivity index (χ0v) is 12.5. The summed E-state index contributed by atoms with van der Waals surface area (Å²) < 4.78 is 5.13. The molecule has 0 saturated heterocycles. The largest absolute Gasteiger partial charge is 0.497 e. The molecule has 0 spiro atoms. The quantitative estimate of drug-likeness (QED) is 0.678. The van der Waals surface area contributed by atoms with E-state index in [1.165, 1.54) is 13.0 Å². The summed E-state index contributed by atoms with van der Waals surface area (Å²) >= 11 is 0. The van der Waals surface area contributed by atoms with Crippen LogP contribution in [0.15, 0.2) is 54.6 Å². The van der Waals surface area contributed by atoms with Crippen LogP contribution >= 0.6 is 0 Å². The third-order valence-corrected chi connectivity index (χ3v) is 3.09. The Bertz CT molecular complexity index is 720. The molecular weight excluding hydrogens is 278 g/mol. The van der Waals surface area contributed by atoms with Gasteiger partial charge in [0.2, 0.25) is 5.91 Å². The van der Waals surface area contributed by atoms with Crippen molar-refractivity contribution < 1.29 is 14.3 Å². The maximum Gasteiger partial charge on any atom is 0.248 e. The van der Waals surface area contributed by atoms with Crippen LogP contribution < -0.4 is 10.1 Å². The van der Waals surface area contributed by atoms with Gasteiger partial charge in [0.1, 0.15) is 5.75 Å². The second-order valence-electron chi connectivity index (χ2n) is 4.70. The first-order valence-corrected chi connectivity index (χ1v) is 6.83. The smallest absolute Gasteiger partial charge is 0.248 e. The van der Waals surface area contributed by atoms with Gasteiger partial charge in [0, 0.05) is 11.6 Å². The number of benzene rings is 2. The first-order valence-electron chi connectivity index (χ1n) is 6.83. The Kier molecular flexibility index (Phi) is 5.09. The molecule has 0 heterocycles.